The standard InChI is InChI=1S/C18H17N5O/c1-2-12-5-3-4-6-13(12)17-19-8-7-14(21-17)15-11-16-18(24)20-9-10-23(16)22-15/h3-8,11H,2,9-10H2,1H3,(H,20,24). The van der Waals surface area contributed by atoms with Gasteiger partial charge in [-0.15, -0.1) is 0 Å². The zero-order valence-corrected chi connectivity index (χ0v) is 13.4. The molecule has 4 rings (SSSR count). The fourth-order valence-corrected chi connectivity index (χ4v) is 2.94. The number of hydrogen-bond acceptors (Lipinski definition) is 4. The molecule has 24 heavy (non-hydrogen) atoms. The summed E-state index contributed by atoms with van der Waals surface area (Å²) in [5, 5.41) is 7.34. The number of benzene rings is 1. The molecule has 3 heterocycles. The van der Waals surface area contributed by atoms with Crippen molar-refractivity contribution in [2.24, 2.45) is 0 Å². The minimum Gasteiger partial charge on any atom is -0.349 e. The summed E-state index contributed by atoms with van der Waals surface area (Å²) in [7, 11) is 0. The number of aromatic nitrogens is 4. The number of nitrogens with zero attached hydrogens (tertiary/aromatic N) is 4. The Morgan fingerprint density at radius 2 is 2.08 bits per heavy atom. The van der Waals surface area contributed by atoms with Crippen molar-refractivity contribution < 1.29 is 4.79 Å². The molecule has 3 aromatic rings. The first-order valence-corrected chi connectivity index (χ1v) is 8.04. The van der Waals surface area contributed by atoms with Gasteiger partial charge in [0.1, 0.15) is 11.4 Å². The zero-order chi connectivity index (χ0) is 16.5. The van der Waals surface area contributed by atoms with Gasteiger partial charge >= 0.3 is 0 Å². The third kappa shape index (κ3) is 2.46. The summed E-state index contributed by atoms with van der Waals surface area (Å²) in [6.45, 7) is 3.40. The Labute approximate surface area is 139 Å². The normalized spacial score (nSPS) is 13.5. The van der Waals surface area contributed by atoms with E-state index < -0.39 is 0 Å². The van der Waals surface area contributed by atoms with Crippen LogP contribution in [0.1, 0.15) is 23.0 Å². The minimum absolute atomic E-state index is 0.0920. The van der Waals surface area contributed by atoms with Crippen molar-refractivity contribution in [3.8, 4) is 22.8 Å². The molecule has 6 heteroatoms. The average molecular weight is 319 g/mol. The number of rotatable bonds is 3. The summed E-state index contributed by atoms with van der Waals surface area (Å²) >= 11 is 0. The highest BCUT2D eigenvalue weighted by molar-refractivity contribution is 5.94. The van der Waals surface area contributed by atoms with Crippen LogP contribution in [0.15, 0.2) is 42.6 Å². The van der Waals surface area contributed by atoms with Crippen molar-refractivity contribution in [3.63, 3.8) is 0 Å². The Balaban J connectivity index is 1.77. The van der Waals surface area contributed by atoms with Gasteiger partial charge in [-0.05, 0) is 24.1 Å². The molecule has 0 bridgehead atoms. The summed E-state index contributed by atoms with van der Waals surface area (Å²) in [5.41, 5.74) is 4.23. The molecule has 0 aliphatic carbocycles. The lowest BCUT2D eigenvalue weighted by atomic mass is 10.0. The SMILES string of the molecule is CCc1ccccc1-c1nccc(-c2cc3n(n2)CCNC3=O)n1. The van der Waals surface area contributed by atoms with E-state index in [0.29, 0.717) is 30.3 Å². The lowest BCUT2D eigenvalue weighted by Gasteiger charge is -2.13. The number of carbonyl (C=O) groups is 1. The Bertz CT molecular complexity index is 915. The van der Waals surface area contributed by atoms with Crippen LogP contribution in [0.5, 0.6) is 0 Å². The molecule has 1 N–H and O–H groups in total. The van der Waals surface area contributed by atoms with Crippen molar-refractivity contribution in [1.82, 2.24) is 25.1 Å². The van der Waals surface area contributed by atoms with Crippen molar-refractivity contribution in [2.75, 3.05) is 6.54 Å². The molecule has 0 saturated carbocycles. The maximum absolute atomic E-state index is 11.9. The molecule has 120 valence electrons. The van der Waals surface area contributed by atoms with Crippen LogP contribution >= 0.6 is 0 Å². The molecule has 0 spiro atoms. The highest BCUT2D eigenvalue weighted by Crippen LogP contribution is 2.24. The summed E-state index contributed by atoms with van der Waals surface area (Å²) in [6.07, 6.45) is 2.66. The summed E-state index contributed by atoms with van der Waals surface area (Å²) in [5.74, 6) is 0.589. The zero-order valence-electron chi connectivity index (χ0n) is 13.4. The molecule has 6 nitrogen and oxygen atoms in total. The molecule has 0 radical (unpaired) electrons. The third-order valence-corrected chi connectivity index (χ3v) is 4.18. The monoisotopic (exact) mass is 319 g/mol. The predicted molar refractivity (Wildman–Crippen MR) is 90.4 cm³/mol. The molecule has 0 saturated heterocycles. The number of hydrogen-bond donors (Lipinski definition) is 1. The van der Waals surface area contributed by atoms with Crippen molar-refractivity contribution in [2.45, 2.75) is 19.9 Å². The van der Waals surface area contributed by atoms with Crippen LogP contribution in [0, 0.1) is 0 Å². The van der Waals surface area contributed by atoms with E-state index in [9.17, 15) is 4.79 Å². The second-order valence-corrected chi connectivity index (χ2v) is 5.67. The van der Waals surface area contributed by atoms with Gasteiger partial charge in [-0.2, -0.15) is 5.10 Å². The fourth-order valence-electron chi connectivity index (χ4n) is 2.94. The number of fused-ring (bicyclic) bond motifs is 1. The van der Waals surface area contributed by atoms with E-state index in [-0.39, 0.29) is 5.91 Å². The Morgan fingerprint density at radius 1 is 1.21 bits per heavy atom. The quantitative estimate of drug-likeness (QED) is 0.804. The first-order valence-electron chi connectivity index (χ1n) is 8.04. The second-order valence-electron chi connectivity index (χ2n) is 5.67. The summed E-state index contributed by atoms with van der Waals surface area (Å²) in [6, 6.07) is 11.7. The first-order chi connectivity index (χ1) is 11.8. The molecule has 1 aromatic carbocycles. The van der Waals surface area contributed by atoms with Gasteiger partial charge in [0, 0.05) is 18.3 Å². The fraction of sp³-hybridized carbons (Fsp3) is 0.222. The number of carbonyl (C=O) groups excluding carboxylic acids is 1. The largest absolute Gasteiger partial charge is 0.349 e. The van der Waals surface area contributed by atoms with Crippen LogP contribution in [0.3, 0.4) is 0 Å². The average Bonchev–Trinajstić information content (AvgIpc) is 3.08. The smallest absolute Gasteiger partial charge is 0.269 e. The summed E-state index contributed by atoms with van der Waals surface area (Å²) in [4.78, 5) is 21.0. The van der Waals surface area contributed by atoms with Gasteiger partial charge in [0.15, 0.2) is 5.82 Å². The van der Waals surface area contributed by atoms with Crippen LogP contribution in [-0.4, -0.2) is 32.2 Å². The highest BCUT2D eigenvalue weighted by atomic mass is 16.2. The molecular formula is C18H17N5O. The van der Waals surface area contributed by atoms with Gasteiger partial charge in [-0.1, -0.05) is 31.2 Å². The lowest BCUT2D eigenvalue weighted by Crippen LogP contribution is -2.35. The Kier molecular flexibility index (Phi) is 3.57. The van der Waals surface area contributed by atoms with E-state index in [4.69, 9.17) is 0 Å². The van der Waals surface area contributed by atoms with Crippen LogP contribution in [-0.2, 0) is 13.0 Å². The second kappa shape index (κ2) is 5.88. The highest BCUT2D eigenvalue weighted by Gasteiger charge is 2.20. The lowest BCUT2D eigenvalue weighted by molar-refractivity contribution is 0.0924. The van der Waals surface area contributed by atoms with Crippen molar-refractivity contribution in [1.29, 1.82) is 0 Å². The maximum atomic E-state index is 11.9. The molecule has 1 amide bonds. The van der Waals surface area contributed by atoms with Gasteiger partial charge in [0.05, 0.1) is 12.2 Å². The van der Waals surface area contributed by atoms with Gasteiger partial charge in [0.25, 0.3) is 5.91 Å². The number of aryl methyl sites for hydroxylation is 1. The predicted octanol–water partition coefficient (Wildman–Crippen LogP) is 2.31. The number of amides is 1. The van der Waals surface area contributed by atoms with E-state index in [1.165, 1.54) is 5.56 Å². The molecular weight excluding hydrogens is 302 g/mol. The molecule has 0 unspecified atom stereocenters. The van der Waals surface area contributed by atoms with E-state index in [1.54, 1.807) is 16.9 Å². The van der Waals surface area contributed by atoms with Crippen LogP contribution in [0.2, 0.25) is 0 Å². The van der Waals surface area contributed by atoms with Crippen LogP contribution < -0.4 is 5.32 Å². The van der Waals surface area contributed by atoms with Gasteiger partial charge in [0.2, 0.25) is 0 Å². The Morgan fingerprint density at radius 3 is 2.92 bits per heavy atom. The van der Waals surface area contributed by atoms with Crippen LogP contribution in [0.25, 0.3) is 22.8 Å². The molecule has 1 aliphatic rings. The van der Waals surface area contributed by atoms with E-state index in [2.05, 4.69) is 33.4 Å². The molecule has 1 aliphatic heterocycles. The van der Waals surface area contributed by atoms with Gasteiger partial charge in [-0.3, -0.25) is 9.48 Å². The summed E-state index contributed by atoms with van der Waals surface area (Å²) < 4.78 is 1.73. The third-order valence-electron chi connectivity index (χ3n) is 4.18. The van der Waals surface area contributed by atoms with Gasteiger partial charge < -0.3 is 5.32 Å². The Hall–Kier alpha value is -3.02. The minimum atomic E-state index is -0.0920. The molecule has 2 aromatic heterocycles. The van der Waals surface area contributed by atoms with E-state index in [1.807, 2.05) is 24.3 Å². The first kappa shape index (κ1) is 14.6. The topological polar surface area (TPSA) is 72.7 Å². The molecule has 0 fully saturated rings. The van der Waals surface area contributed by atoms with Crippen molar-refractivity contribution >= 4 is 5.91 Å². The number of nitrogens with one attached hydrogen (secondary N) is 1. The van der Waals surface area contributed by atoms with Crippen molar-refractivity contribution in [3.05, 3.63) is 53.9 Å². The van der Waals surface area contributed by atoms with Crippen LogP contribution in [0.4, 0.5) is 0 Å². The maximum Gasteiger partial charge on any atom is 0.269 e. The van der Waals surface area contributed by atoms with E-state index >= 15 is 0 Å². The van der Waals surface area contributed by atoms with E-state index in [0.717, 1.165) is 17.7 Å². The van der Waals surface area contributed by atoms with Gasteiger partial charge in [-0.25, -0.2) is 9.97 Å². The molecule has 0 atom stereocenters.